The molecule has 0 amide bonds. The van der Waals surface area contributed by atoms with E-state index >= 15 is 0 Å². The van der Waals surface area contributed by atoms with Gasteiger partial charge in [0.2, 0.25) is 0 Å². The van der Waals surface area contributed by atoms with Crippen LogP contribution in [0.15, 0.2) is 79.0 Å². The van der Waals surface area contributed by atoms with Gasteiger partial charge in [-0.05, 0) is 48.5 Å². The Bertz CT molecular complexity index is 1230. The van der Waals surface area contributed by atoms with Gasteiger partial charge in [0.05, 0.1) is 17.6 Å². The normalized spacial score (nSPS) is 15.1. The first-order chi connectivity index (χ1) is 16.1. The Morgan fingerprint density at radius 1 is 0.848 bits per heavy atom. The van der Waals surface area contributed by atoms with E-state index in [0.717, 1.165) is 66.4 Å². The van der Waals surface area contributed by atoms with Crippen molar-refractivity contribution >= 4 is 11.6 Å². The summed E-state index contributed by atoms with van der Waals surface area (Å²) in [7, 11) is 2.17. The van der Waals surface area contributed by atoms with E-state index in [1.165, 1.54) is 12.1 Å². The van der Waals surface area contributed by atoms with Gasteiger partial charge in [-0.25, -0.2) is 9.07 Å². The minimum atomic E-state index is -0.232. The summed E-state index contributed by atoms with van der Waals surface area (Å²) in [5, 5.41) is 5.48. The molecule has 3 aromatic carbocycles. The highest BCUT2D eigenvalue weighted by atomic mass is 35.5. The lowest BCUT2D eigenvalue weighted by Gasteiger charge is -2.32. The molecule has 0 spiro atoms. The zero-order valence-corrected chi connectivity index (χ0v) is 19.3. The molecule has 2 heterocycles. The van der Waals surface area contributed by atoms with Crippen molar-refractivity contribution in [2.45, 2.75) is 6.54 Å². The van der Waals surface area contributed by atoms with Crippen LogP contribution in [0.5, 0.6) is 0 Å². The Balaban J connectivity index is 1.51. The summed E-state index contributed by atoms with van der Waals surface area (Å²) >= 11 is 6.63. The summed E-state index contributed by atoms with van der Waals surface area (Å²) in [6.45, 7) is 5.05. The smallest absolute Gasteiger partial charge is 0.123 e. The van der Waals surface area contributed by atoms with Crippen LogP contribution in [0.1, 0.15) is 5.56 Å². The lowest BCUT2D eigenvalue weighted by molar-refractivity contribution is 0.148. The molecule has 4 aromatic rings. The molecule has 0 saturated carbocycles. The highest BCUT2D eigenvalue weighted by Crippen LogP contribution is 2.33. The first-order valence-corrected chi connectivity index (χ1v) is 11.6. The largest absolute Gasteiger partial charge is 0.304 e. The standard InChI is InChI=1S/C27H26ClFN4/c1-31-14-16-32(17-15-31)19-22-18-30-33(27(22)25-4-2-3-5-26(25)28)24-12-8-21(9-13-24)20-6-10-23(29)11-7-20/h2-13,18H,14-17,19H2,1H3. The molecule has 168 valence electrons. The predicted octanol–water partition coefficient (Wildman–Crippen LogP) is 5.75. The van der Waals surface area contributed by atoms with Crippen molar-refractivity contribution < 1.29 is 4.39 Å². The Morgan fingerprint density at radius 3 is 2.15 bits per heavy atom. The maximum absolute atomic E-state index is 13.3. The molecule has 0 atom stereocenters. The van der Waals surface area contributed by atoms with E-state index in [0.29, 0.717) is 5.02 Å². The van der Waals surface area contributed by atoms with Crippen molar-refractivity contribution in [3.05, 3.63) is 95.4 Å². The second-order valence-corrected chi connectivity index (χ2v) is 8.95. The van der Waals surface area contributed by atoms with Crippen LogP contribution in [0.3, 0.4) is 0 Å². The van der Waals surface area contributed by atoms with Crippen molar-refractivity contribution in [2.24, 2.45) is 0 Å². The molecule has 1 saturated heterocycles. The van der Waals surface area contributed by atoms with E-state index in [4.69, 9.17) is 16.7 Å². The molecule has 0 bridgehead atoms. The Hall–Kier alpha value is -2.99. The summed E-state index contributed by atoms with van der Waals surface area (Å²) in [4.78, 5) is 4.83. The van der Waals surface area contributed by atoms with Crippen molar-refractivity contribution in [2.75, 3.05) is 33.2 Å². The minimum absolute atomic E-state index is 0.232. The number of piperazine rings is 1. The van der Waals surface area contributed by atoms with E-state index in [2.05, 4.69) is 22.9 Å². The van der Waals surface area contributed by atoms with Crippen molar-refractivity contribution in [3.63, 3.8) is 0 Å². The van der Waals surface area contributed by atoms with E-state index in [1.807, 2.05) is 53.3 Å². The van der Waals surface area contributed by atoms with Crippen LogP contribution in [0.25, 0.3) is 28.1 Å². The molecule has 1 fully saturated rings. The summed E-state index contributed by atoms with van der Waals surface area (Å²) in [6, 6.07) is 22.7. The van der Waals surface area contributed by atoms with E-state index in [1.54, 1.807) is 12.1 Å². The molecule has 0 unspecified atom stereocenters. The zero-order chi connectivity index (χ0) is 22.8. The third-order valence-corrected chi connectivity index (χ3v) is 6.58. The fraction of sp³-hybridized carbons (Fsp3) is 0.222. The average molecular weight is 461 g/mol. The number of rotatable bonds is 5. The highest BCUT2D eigenvalue weighted by molar-refractivity contribution is 6.33. The molecular formula is C27H26ClFN4. The fourth-order valence-electron chi connectivity index (χ4n) is 4.32. The lowest BCUT2D eigenvalue weighted by atomic mass is 10.0. The topological polar surface area (TPSA) is 24.3 Å². The second-order valence-electron chi connectivity index (χ2n) is 8.54. The van der Waals surface area contributed by atoms with Gasteiger partial charge in [-0.15, -0.1) is 0 Å². The van der Waals surface area contributed by atoms with Crippen LogP contribution in [-0.2, 0) is 6.54 Å². The Kier molecular flexibility index (Phi) is 6.27. The van der Waals surface area contributed by atoms with E-state index in [-0.39, 0.29) is 5.82 Å². The molecule has 0 aliphatic carbocycles. The van der Waals surface area contributed by atoms with Crippen molar-refractivity contribution in [1.82, 2.24) is 19.6 Å². The molecule has 5 rings (SSSR count). The van der Waals surface area contributed by atoms with Crippen LogP contribution < -0.4 is 0 Å². The molecule has 0 radical (unpaired) electrons. The van der Waals surface area contributed by atoms with Gasteiger partial charge >= 0.3 is 0 Å². The number of halogens is 2. The Labute approximate surface area is 198 Å². The third-order valence-electron chi connectivity index (χ3n) is 6.25. The van der Waals surface area contributed by atoms with Gasteiger partial charge in [0, 0.05) is 48.9 Å². The molecule has 1 aliphatic rings. The first kappa shape index (κ1) is 21.8. The van der Waals surface area contributed by atoms with Crippen molar-refractivity contribution in [1.29, 1.82) is 0 Å². The van der Waals surface area contributed by atoms with Gasteiger partial charge in [-0.1, -0.05) is 54.1 Å². The van der Waals surface area contributed by atoms with Crippen molar-refractivity contribution in [3.8, 4) is 28.1 Å². The number of benzene rings is 3. The van der Waals surface area contributed by atoms with E-state index < -0.39 is 0 Å². The molecule has 4 nitrogen and oxygen atoms in total. The second kappa shape index (κ2) is 9.48. The monoisotopic (exact) mass is 460 g/mol. The van der Waals surface area contributed by atoms with Crippen LogP contribution in [0.4, 0.5) is 4.39 Å². The van der Waals surface area contributed by atoms with Gasteiger partial charge in [0.1, 0.15) is 5.82 Å². The number of nitrogens with zero attached hydrogens (tertiary/aromatic N) is 4. The zero-order valence-electron chi connectivity index (χ0n) is 18.6. The quantitative estimate of drug-likeness (QED) is 0.379. The molecule has 1 aliphatic heterocycles. The Morgan fingerprint density at radius 2 is 1.48 bits per heavy atom. The van der Waals surface area contributed by atoms with Gasteiger partial charge in [-0.3, -0.25) is 4.90 Å². The van der Waals surface area contributed by atoms with E-state index in [9.17, 15) is 4.39 Å². The van der Waals surface area contributed by atoms with Crippen LogP contribution >= 0.6 is 11.6 Å². The highest BCUT2D eigenvalue weighted by Gasteiger charge is 2.21. The fourth-order valence-corrected chi connectivity index (χ4v) is 4.54. The summed E-state index contributed by atoms with van der Waals surface area (Å²) < 4.78 is 15.3. The predicted molar refractivity (Wildman–Crippen MR) is 132 cm³/mol. The van der Waals surface area contributed by atoms with Crippen LogP contribution in [0, 0.1) is 5.82 Å². The van der Waals surface area contributed by atoms with Gasteiger partial charge < -0.3 is 4.90 Å². The minimum Gasteiger partial charge on any atom is -0.304 e. The molecule has 33 heavy (non-hydrogen) atoms. The molecule has 1 aromatic heterocycles. The maximum atomic E-state index is 13.3. The number of likely N-dealkylation sites (N-methyl/N-ethyl adjacent to an activating group) is 1. The molecule has 6 heteroatoms. The summed E-state index contributed by atoms with van der Waals surface area (Å²) in [6.07, 6.45) is 1.96. The van der Waals surface area contributed by atoms with Crippen LogP contribution in [-0.4, -0.2) is 52.8 Å². The summed E-state index contributed by atoms with van der Waals surface area (Å²) in [5.74, 6) is -0.232. The molecular weight excluding hydrogens is 435 g/mol. The van der Waals surface area contributed by atoms with Gasteiger partial charge in [-0.2, -0.15) is 5.10 Å². The maximum Gasteiger partial charge on any atom is 0.123 e. The van der Waals surface area contributed by atoms with Gasteiger partial charge in [0.15, 0.2) is 0 Å². The third kappa shape index (κ3) is 4.71. The number of hydrogen-bond donors (Lipinski definition) is 0. The van der Waals surface area contributed by atoms with Gasteiger partial charge in [0.25, 0.3) is 0 Å². The van der Waals surface area contributed by atoms with Crippen LogP contribution in [0.2, 0.25) is 5.02 Å². The number of aromatic nitrogens is 2. The summed E-state index contributed by atoms with van der Waals surface area (Å²) in [5.41, 5.74) is 6.13. The molecule has 0 N–H and O–H groups in total. The number of hydrogen-bond acceptors (Lipinski definition) is 3. The lowest BCUT2D eigenvalue weighted by Crippen LogP contribution is -2.43. The first-order valence-electron chi connectivity index (χ1n) is 11.2. The SMILES string of the molecule is CN1CCN(Cc2cnn(-c3ccc(-c4ccc(F)cc4)cc3)c2-c2ccccc2Cl)CC1. The average Bonchev–Trinajstić information content (AvgIpc) is 3.25.